The number of esters is 1. The van der Waals surface area contributed by atoms with E-state index in [-0.39, 0.29) is 22.1 Å². The Hall–Kier alpha value is -2.90. The molecule has 0 unspecified atom stereocenters. The van der Waals surface area contributed by atoms with E-state index in [2.05, 4.69) is 4.98 Å². The minimum Gasteiger partial charge on any atom is -0.462 e. The zero-order valence-corrected chi connectivity index (χ0v) is 18.3. The summed E-state index contributed by atoms with van der Waals surface area (Å²) < 4.78 is 33.3. The van der Waals surface area contributed by atoms with Crippen molar-refractivity contribution in [3.8, 4) is 0 Å². The Bertz CT molecular complexity index is 1200. The lowest BCUT2D eigenvalue weighted by atomic mass is 10.2. The molecule has 0 spiro atoms. The highest BCUT2D eigenvalue weighted by Gasteiger charge is 2.32. The van der Waals surface area contributed by atoms with Crippen LogP contribution in [0.25, 0.3) is 0 Å². The van der Waals surface area contributed by atoms with Crippen LogP contribution in [0, 0.1) is 0 Å². The van der Waals surface area contributed by atoms with Crippen LogP contribution in [-0.2, 0) is 27.6 Å². The summed E-state index contributed by atoms with van der Waals surface area (Å²) in [6, 6.07) is 15.4. The summed E-state index contributed by atoms with van der Waals surface area (Å²) in [7, 11) is -3.91. The molecule has 6 nitrogen and oxygen atoms in total. The van der Waals surface area contributed by atoms with Gasteiger partial charge in [-0.05, 0) is 60.7 Å². The molecule has 31 heavy (non-hydrogen) atoms. The Labute approximate surface area is 186 Å². The molecule has 1 aliphatic heterocycles. The van der Waals surface area contributed by atoms with Gasteiger partial charge in [0.25, 0.3) is 10.0 Å². The van der Waals surface area contributed by atoms with Gasteiger partial charge in [-0.25, -0.2) is 13.2 Å². The van der Waals surface area contributed by atoms with E-state index in [0.29, 0.717) is 25.1 Å². The smallest absolute Gasteiger partial charge is 0.338 e. The highest BCUT2D eigenvalue weighted by Crippen LogP contribution is 2.35. The second-order valence-electron chi connectivity index (χ2n) is 7.20. The first-order chi connectivity index (χ1) is 15.0. The molecule has 8 heteroatoms. The fourth-order valence-electron chi connectivity index (χ4n) is 3.57. The fourth-order valence-corrected chi connectivity index (χ4v) is 5.58. The van der Waals surface area contributed by atoms with Crippen molar-refractivity contribution in [3.05, 3.63) is 88.7 Å². The Morgan fingerprint density at radius 1 is 1.13 bits per heavy atom. The highest BCUT2D eigenvalue weighted by molar-refractivity contribution is 7.93. The van der Waals surface area contributed by atoms with Crippen molar-refractivity contribution in [2.45, 2.75) is 24.2 Å². The largest absolute Gasteiger partial charge is 0.462 e. The first kappa shape index (κ1) is 21.3. The second-order valence-corrected chi connectivity index (χ2v) is 9.44. The molecule has 1 aliphatic rings. The van der Waals surface area contributed by atoms with E-state index in [1.807, 2.05) is 24.3 Å². The van der Waals surface area contributed by atoms with Crippen LogP contribution in [0.2, 0.25) is 5.02 Å². The maximum Gasteiger partial charge on any atom is 0.338 e. The maximum absolute atomic E-state index is 13.3. The number of fused-ring (bicyclic) bond motifs is 1. The minimum atomic E-state index is -3.91. The molecule has 0 saturated carbocycles. The fraction of sp³-hybridized carbons (Fsp3) is 0.217. The number of aryl methyl sites for hydroxylation is 1. The average Bonchev–Trinajstić information content (AvgIpc) is 3.22. The van der Waals surface area contributed by atoms with Crippen LogP contribution in [0.1, 0.15) is 27.9 Å². The van der Waals surface area contributed by atoms with E-state index in [1.165, 1.54) is 22.5 Å². The maximum atomic E-state index is 13.3. The van der Waals surface area contributed by atoms with Crippen molar-refractivity contribution < 1.29 is 17.9 Å². The summed E-state index contributed by atoms with van der Waals surface area (Å²) in [6.45, 7) is 0.555. The van der Waals surface area contributed by atoms with Gasteiger partial charge in [-0.2, -0.15) is 0 Å². The van der Waals surface area contributed by atoms with E-state index in [9.17, 15) is 13.2 Å². The van der Waals surface area contributed by atoms with Gasteiger partial charge in [-0.1, -0.05) is 35.9 Å². The van der Waals surface area contributed by atoms with Gasteiger partial charge in [0.2, 0.25) is 0 Å². The number of nitrogens with zero attached hydrogens (tertiary/aromatic N) is 2. The number of halogens is 1. The molecule has 2 aromatic carbocycles. The van der Waals surface area contributed by atoms with Crippen LogP contribution in [-0.4, -0.2) is 32.5 Å². The number of carbonyl (C=O) groups is 1. The average molecular weight is 457 g/mol. The summed E-state index contributed by atoms with van der Waals surface area (Å²) in [5.41, 5.74) is 2.81. The number of carbonyl (C=O) groups excluding carboxylic acids is 1. The minimum absolute atomic E-state index is 0.0671. The first-order valence-electron chi connectivity index (χ1n) is 9.93. The third kappa shape index (κ3) is 4.57. The number of ether oxygens (including phenoxy) is 1. The van der Waals surface area contributed by atoms with Crippen molar-refractivity contribution in [2.24, 2.45) is 0 Å². The molecule has 0 atom stereocenters. The predicted octanol–water partition coefficient (Wildman–Crippen LogP) is 4.28. The lowest BCUT2D eigenvalue weighted by Crippen LogP contribution is -2.29. The predicted molar refractivity (Wildman–Crippen MR) is 119 cm³/mol. The molecule has 3 aromatic rings. The van der Waals surface area contributed by atoms with E-state index >= 15 is 0 Å². The molecule has 160 valence electrons. The van der Waals surface area contributed by atoms with Gasteiger partial charge in [0.05, 0.1) is 22.9 Å². The van der Waals surface area contributed by atoms with Gasteiger partial charge in [-0.3, -0.25) is 9.29 Å². The lowest BCUT2D eigenvalue weighted by Gasteiger charge is -2.20. The van der Waals surface area contributed by atoms with Gasteiger partial charge >= 0.3 is 5.97 Å². The second kappa shape index (κ2) is 9.08. The molecule has 0 aliphatic carbocycles. The highest BCUT2D eigenvalue weighted by atomic mass is 35.5. The molecular formula is C23H21ClN2O4S. The zero-order chi connectivity index (χ0) is 21.8. The van der Waals surface area contributed by atoms with E-state index in [0.717, 1.165) is 17.5 Å². The lowest BCUT2D eigenvalue weighted by molar-refractivity contribution is 0.0500. The van der Waals surface area contributed by atoms with Gasteiger partial charge in [-0.15, -0.1) is 0 Å². The number of hydrogen-bond donors (Lipinski definition) is 0. The molecule has 0 saturated heterocycles. The normalized spacial score (nSPS) is 13.1. The third-order valence-corrected chi connectivity index (χ3v) is 7.44. The van der Waals surface area contributed by atoms with E-state index in [1.54, 1.807) is 24.5 Å². The molecular weight excluding hydrogens is 436 g/mol. The van der Waals surface area contributed by atoms with Crippen LogP contribution in [0.15, 0.2) is 71.9 Å². The Morgan fingerprint density at radius 3 is 2.77 bits per heavy atom. The monoisotopic (exact) mass is 456 g/mol. The first-order valence-corrected chi connectivity index (χ1v) is 11.7. The number of hydrogen-bond acceptors (Lipinski definition) is 5. The Balaban J connectivity index is 1.47. The number of aromatic nitrogens is 1. The quantitative estimate of drug-likeness (QED) is 0.392. The van der Waals surface area contributed by atoms with Crippen molar-refractivity contribution >= 4 is 33.3 Å². The molecule has 0 amide bonds. The number of para-hydroxylation sites is 1. The van der Waals surface area contributed by atoms with Crippen LogP contribution < -0.4 is 4.31 Å². The summed E-state index contributed by atoms with van der Waals surface area (Å²) >= 11 is 6.22. The molecule has 1 aromatic heterocycles. The number of anilines is 1. The standard InChI is InChI=1S/C23H21ClN2O4S/c24-20-10-9-19(23(27)30-14-4-6-17-5-3-12-25-16-17)15-22(20)31(28,29)26-13-11-18-7-1-2-8-21(18)26/h1-3,5,7-10,12,15-16H,4,6,11,13-14H2. The topological polar surface area (TPSA) is 76.6 Å². The molecule has 0 radical (unpaired) electrons. The van der Waals surface area contributed by atoms with Gasteiger partial charge < -0.3 is 4.74 Å². The molecule has 0 fully saturated rings. The Morgan fingerprint density at radius 2 is 1.97 bits per heavy atom. The van der Waals surface area contributed by atoms with Gasteiger partial charge in [0.1, 0.15) is 4.90 Å². The number of sulfonamides is 1. The van der Waals surface area contributed by atoms with E-state index < -0.39 is 16.0 Å². The van der Waals surface area contributed by atoms with Crippen LogP contribution >= 0.6 is 11.6 Å². The number of rotatable bonds is 7. The van der Waals surface area contributed by atoms with Crippen molar-refractivity contribution in [1.82, 2.24) is 4.98 Å². The molecule has 4 rings (SSSR count). The van der Waals surface area contributed by atoms with Crippen LogP contribution in [0.4, 0.5) is 5.69 Å². The summed E-state index contributed by atoms with van der Waals surface area (Å²) in [5, 5.41) is 0.0671. The zero-order valence-electron chi connectivity index (χ0n) is 16.7. The third-order valence-electron chi connectivity index (χ3n) is 5.15. The summed E-state index contributed by atoms with van der Waals surface area (Å²) in [6.07, 6.45) is 5.48. The number of benzene rings is 2. The van der Waals surface area contributed by atoms with Gasteiger partial charge in [0, 0.05) is 18.9 Å². The van der Waals surface area contributed by atoms with Crippen LogP contribution in [0.5, 0.6) is 0 Å². The SMILES string of the molecule is O=C(OCCCc1cccnc1)c1ccc(Cl)c(S(=O)(=O)N2CCc3ccccc32)c1. The summed E-state index contributed by atoms with van der Waals surface area (Å²) in [4.78, 5) is 16.4. The van der Waals surface area contributed by atoms with Gasteiger partial charge in [0.15, 0.2) is 0 Å². The molecule has 0 N–H and O–H groups in total. The molecule has 0 bridgehead atoms. The van der Waals surface area contributed by atoms with E-state index in [4.69, 9.17) is 16.3 Å². The van der Waals surface area contributed by atoms with Crippen LogP contribution in [0.3, 0.4) is 0 Å². The Kier molecular flexibility index (Phi) is 6.25. The number of pyridine rings is 1. The molecule has 2 heterocycles. The summed E-state index contributed by atoms with van der Waals surface area (Å²) in [5.74, 6) is -0.582. The van der Waals surface area contributed by atoms with Crippen molar-refractivity contribution in [3.63, 3.8) is 0 Å². The van der Waals surface area contributed by atoms with Crippen molar-refractivity contribution in [2.75, 3.05) is 17.5 Å². The van der Waals surface area contributed by atoms with Crippen molar-refractivity contribution in [1.29, 1.82) is 0 Å².